The molecular formula is C21H23N7O. The van der Waals surface area contributed by atoms with Crippen LogP contribution >= 0.6 is 0 Å². The van der Waals surface area contributed by atoms with Crippen molar-refractivity contribution in [3.63, 3.8) is 0 Å². The van der Waals surface area contributed by atoms with Crippen LogP contribution in [-0.2, 0) is 11.2 Å². The van der Waals surface area contributed by atoms with Gasteiger partial charge in [0.25, 0.3) is 0 Å². The Labute approximate surface area is 169 Å². The van der Waals surface area contributed by atoms with E-state index < -0.39 is 0 Å². The summed E-state index contributed by atoms with van der Waals surface area (Å²) in [7, 11) is 0. The number of carbonyl (C=O) groups excluding carboxylic acids is 1. The molecule has 0 atom stereocenters. The van der Waals surface area contributed by atoms with E-state index in [4.69, 9.17) is 0 Å². The van der Waals surface area contributed by atoms with Gasteiger partial charge in [-0.1, -0.05) is 24.3 Å². The molecule has 29 heavy (non-hydrogen) atoms. The highest BCUT2D eigenvalue weighted by molar-refractivity contribution is 5.91. The van der Waals surface area contributed by atoms with Crippen molar-refractivity contribution in [2.45, 2.75) is 13.3 Å². The van der Waals surface area contributed by atoms with Crippen molar-refractivity contribution < 1.29 is 4.79 Å². The molecule has 8 heteroatoms. The SMILES string of the molecule is Cc1ccccc1CC(=O)Nc1ccc(N2CCN(c3ncccn3)CC2)nn1. The second kappa shape index (κ2) is 8.64. The minimum Gasteiger partial charge on any atom is -0.352 e. The maximum absolute atomic E-state index is 12.3. The quantitative estimate of drug-likeness (QED) is 0.715. The first-order valence-corrected chi connectivity index (χ1v) is 9.64. The summed E-state index contributed by atoms with van der Waals surface area (Å²) < 4.78 is 0. The zero-order valence-electron chi connectivity index (χ0n) is 16.3. The molecule has 1 N–H and O–H groups in total. The Hall–Kier alpha value is -3.55. The molecule has 0 spiro atoms. The first-order valence-electron chi connectivity index (χ1n) is 9.64. The zero-order chi connectivity index (χ0) is 20.1. The van der Waals surface area contributed by atoms with Crippen molar-refractivity contribution in [1.29, 1.82) is 0 Å². The van der Waals surface area contributed by atoms with E-state index in [0.717, 1.165) is 49.1 Å². The van der Waals surface area contributed by atoms with Crippen LogP contribution in [0.15, 0.2) is 54.9 Å². The van der Waals surface area contributed by atoms with Crippen LogP contribution in [0.25, 0.3) is 0 Å². The third-order valence-corrected chi connectivity index (χ3v) is 4.97. The first-order chi connectivity index (χ1) is 14.2. The lowest BCUT2D eigenvalue weighted by Crippen LogP contribution is -2.47. The van der Waals surface area contributed by atoms with Gasteiger partial charge in [-0.2, -0.15) is 0 Å². The van der Waals surface area contributed by atoms with Gasteiger partial charge in [0.15, 0.2) is 11.6 Å². The summed E-state index contributed by atoms with van der Waals surface area (Å²) in [6, 6.07) is 13.4. The third kappa shape index (κ3) is 4.66. The van der Waals surface area contributed by atoms with Crippen molar-refractivity contribution in [3.05, 3.63) is 66.0 Å². The molecule has 3 aromatic rings. The predicted octanol–water partition coefficient (Wildman–Crippen LogP) is 2.08. The van der Waals surface area contributed by atoms with Gasteiger partial charge in [0.05, 0.1) is 6.42 Å². The molecule has 0 radical (unpaired) electrons. The van der Waals surface area contributed by atoms with E-state index in [2.05, 4.69) is 35.3 Å². The Bertz CT molecular complexity index is 954. The normalized spacial score (nSPS) is 14.0. The van der Waals surface area contributed by atoms with Gasteiger partial charge in [0, 0.05) is 38.6 Å². The molecule has 1 aliphatic rings. The summed E-state index contributed by atoms with van der Waals surface area (Å²) in [6.07, 6.45) is 3.83. The summed E-state index contributed by atoms with van der Waals surface area (Å²) in [5.74, 6) is 1.92. The van der Waals surface area contributed by atoms with Crippen LogP contribution < -0.4 is 15.1 Å². The van der Waals surface area contributed by atoms with Crippen LogP contribution in [0, 0.1) is 6.92 Å². The lowest BCUT2D eigenvalue weighted by Gasteiger charge is -2.35. The van der Waals surface area contributed by atoms with Crippen molar-refractivity contribution in [1.82, 2.24) is 20.2 Å². The molecule has 148 valence electrons. The molecule has 1 amide bonds. The number of aromatic nitrogens is 4. The molecule has 4 rings (SSSR count). The number of benzene rings is 1. The molecular weight excluding hydrogens is 366 g/mol. The Balaban J connectivity index is 1.31. The van der Waals surface area contributed by atoms with Crippen LogP contribution in [-0.4, -0.2) is 52.3 Å². The Morgan fingerprint density at radius 2 is 1.66 bits per heavy atom. The smallest absolute Gasteiger partial charge is 0.230 e. The van der Waals surface area contributed by atoms with Crippen molar-refractivity contribution >= 4 is 23.5 Å². The van der Waals surface area contributed by atoms with E-state index in [-0.39, 0.29) is 5.91 Å². The first kappa shape index (κ1) is 18.8. The minimum atomic E-state index is -0.0992. The van der Waals surface area contributed by atoms with E-state index in [9.17, 15) is 4.79 Å². The number of nitrogens with one attached hydrogen (secondary N) is 1. The molecule has 1 fully saturated rings. The molecule has 8 nitrogen and oxygen atoms in total. The number of hydrogen-bond donors (Lipinski definition) is 1. The van der Waals surface area contributed by atoms with Gasteiger partial charge in [-0.25, -0.2) is 9.97 Å². The van der Waals surface area contributed by atoms with Gasteiger partial charge in [0.2, 0.25) is 11.9 Å². The van der Waals surface area contributed by atoms with Gasteiger partial charge >= 0.3 is 0 Å². The van der Waals surface area contributed by atoms with E-state index in [0.29, 0.717) is 12.2 Å². The molecule has 1 saturated heterocycles. The number of aryl methyl sites for hydroxylation is 1. The molecule has 1 aromatic carbocycles. The molecule has 0 unspecified atom stereocenters. The number of amides is 1. The van der Waals surface area contributed by atoms with Crippen LogP contribution in [0.4, 0.5) is 17.6 Å². The van der Waals surface area contributed by atoms with Gasteiger partial charge in [-0.15, -0.1) is 10.2 Å². The fourth-order valence-corrected chi connectivity index (χ4v) is 3.32. The minimum absolute atomic E-state index is 0.0992. The summed E-state index contributed by atoms with van der Waals surface area (Å²) in [5, 5.41) is 11.3. The summed E-state index contributed by atoms with van der Waals surface area (Å²) in [5.41, 5.74) is 2.11. The maximum Gasteiger partial charge on any atom is 0.230 e. The highest BCUT2D eigenvalue weighted by Crippen LogP contribution is 2.17. The highest BCUT2D eigenvalue weighted by atomic mass is 16.1. The molecule has 1 aliphatic heterocycles. The molecule has 0 aliphatic carbocycles. The standard InChI is InChI=1S/C21H23N7O/c1-16-5-2-3-6-17(16)15-20(29)24-18-7-8-19(26-25-18)27-11-13-28(14-12-27)21-22-9-4-10-23-21/h2-10H,11-15H2,1H3,(H,24,25,29). The summed E-state index contributed by atoms with van der Waals surface area (Å²) >= 11 is 0. The van der Waals surface area contributed by atoms with Gasteiger partial charge in [-0.05, 0) is 36.2 Å². The largest absolute Gasteiger partial charge is 0.352 e. The van der Waals surface area contributed by atoms with Crippen LogP contribution in [0.1, 0.15) is 11.1 Å². The Kier molecular flexibility index (Phi) is 5.60. The maximum atomic E-state index is 12.3. The van der Waals surface area contributed by atoms with E-state index >= 15 is 0 Å². The Morgan fingerprint density at radius 1 is 0.931 bits per heavy atom. The summed E-state index contributed by atoms with van der Waals surface area (Å²) in [6.45, 7) is 5.26. The highest BCUT2D eigenvalue weighted by Gasteiger charge is 2.20. The van der Waals surface area contributed by atoms with Crippen molar-refractivity contribution in [2.75, 3.05) is 41.3 Å². The number of nitrogens with zero attached hydrogens (tertiary/aromatic N) is 6. The average molecular weight is 389 g/mol. The fourth-order valence-electron chi connectivity index (χ4n) is 3.32. The number of anilines is 3. The van der Waals surface area contributed by atoms with Crippen LogP contribution in [0.3, 0.4) is 0 Å². The number of rotatable bonds is 5. The second-order valence-corrected chi connectivity index (χ2v) is 6.95. The zero-order valence-corrected chi connectivity index (χ0v) is 16.3. The molecule has 3 heterocycles. The lowest BCUT2D eigenvalue weighted by atomic mass is 10.1. The van der Waals surface area contributed by atoms with Crippen LogP contribution in [0.5, 0.6) is 0 Å². The number of piperazine rings is 1. The lowest BCUT2D eigenvalue weighted by molar-refractivity contribution is -0.115. The molecule has 0 bridgehead atoms. The number of carbonyl (C=O) groups is 1. The van der Waals surface area contributed by atoms with E-state index in [1.54, 1.807) is 18.5 Å². The fraction of sp³-hybridized carbons (Fsp3) is 0.286. The van der Waals surface area contributed by atoms with Crippen molar-refractivity contribution in [2.24, 2.45) is 0 Å². The topological polar surface area (TPSA) is 87.1 Å². The summed E-state index contributed by atoms with van der Waals surface area (Å²) in [4.78, 5) is 25.2. The monoisotopic (exact) mass is 389 g/mol. The van der Waals surface area contributed by atoms with Crippen molar-refractivity contribution in [3.8, 4) is 0 Å². The van der Waals surface area contributed by atoms with Gasteiger partial charge in [0.1, 0.15) is 0 Å². The predicted molar refractivity (Wildman–Crippen MR) is 112 cm³/mol. The average Bonchev–Trinajstić information content (AvgIpc) is 2.77. The van der Waals surface area contributed by atoms with E-state index in [1.807, 2.05) is 43.3 Å². The Morgan fingerprint density at radius 3 is 2.34 bits per heavy atom. The second-order valence-electron chi connectivity index (χ2n) is 6.95. The van der Waals surface area contributed by atoms with E-state index in [1.165, 1.54) is 0 Å². The van der Waals surface area contributed by atoms with Crippen LogP contribution in [0.2, 0.25) is 0 Å². The van der Waals surface area contributed by atoms with Gasteiger partial charge in [-0.3, -0.25) is 4.79 Å². The number of hydrogen-bond acceptors (Lipinski definition) is 7. The third-order valence-electron chi connectivity index (χ3n) is 4.97. The molecule has 0 saturated carbocycles. The molecule has 2 aromatic heterocycles. The van der Waals surface area contributed by atoms with Gasteiger partial charge < -0.3 is 15.1 Å².